The number of amides is 1. The highest BCUT2D eigenvalue weighted by Gasteiger charge is 2.35. The van der Waals surface area contributed by atoms with E-state index in [1.807, 2.05) is 0 Å². The summed E-state index contributed by atoms with van der Waals surface area (Å²) in [7, 11) is 0. The maximum atomic E-state index is 12.9. The summed E-state index contributed by atoms with van der Waals surface area (Å²) in [5, 5.41) is 2.81. The molecule has 0 unspecified atom stereocenters. The zero-order chi connectivity index (χ0) is 18.6. The first-order valence-electron chi connectivity index (χ1n) is 8.33. The number of hydrogen-bond acceptors (Lipinski definition) is 3. The molecular weight excluding hydrogens is 335 g/mol. The third-order valence-corrected chi connectivity index (χ3v) is 4.84. The summed E-state index contributed by atoms with van der Waals surface area (Å²) in [6, 6.07) is 4.35. The fourth-order valence-electron chi connectivity index (χ4n) is 3.15. The van der Waals surface area contributed by atoms with Gasteiger partial charge in [0.25, 0.3) is 5.91 Å². The molecule has 1 aromatic rings. The Balaban J connectivity index is 1.93. The van der Waals surface area contributed by atoms with Crippen LogP contribution in [0.2, 0.25) is 0 Å². The lowest BCUT2D eigenvalue weighted by atomic mass is 9.78. The second kappa shape index (κ2) is 7.89. The molecule has 138 valence electrons. The highest BCUT2D eigenvalue weighted by atomic mass is 19.4. The maximum absolute atomic E-state index is 12.9. The average molecular weight is 357 g/mol. The summed E-state index contributed by atoms with van der Waals surface area (Å²) in [5.74, 6) is -0.864. The van der Waals surface area contributed by atoms with Crippen molar-refractivity contribution in [1.82, 2.24) is 5.32 Å². The van der Waals surface area contributed by atoms with Gasteiger partial charge in [0.05, 0.1) is 11.1 Å². The molecule has 1 aromatic carbocycles. The standard InChI is InChI=1S/C18H22F3NO3/c1-11-6-5-9-15(12(11)2)22-16(23)10-25-17(24)13-7-3-4-8-14(13)18(19,20)21/h3-4,7-8,11-12,15H,5-6,9-10H2,1-2H3,(H,22,23)/t11-,12-,15+/m1/s1. The molecule has 0 saturated heterocycles. The smallest absolute Gasteiger partial charge is 0.417 e. The van der Waals surface area contributed by atoms with Gasteiger partial charge in [-0.15, -0.1) is 0 Å². The van der Waals surface area contributed by atoms with Crippen LogP contribution in [0.15, 0.2) is 24.3 Å². The van der Waals surface area contributed by atoms with Crippen LogP contribution < -0.4 is 5.32 Å². The fraction of sp³-hybridized carbons (Fsp3) is 0.556. The minimum absolute atomic E-state index is 0.00239. The number of hydrogen-bond donors (Lipinski definition) is 1. The lowest BCUT2D eigenvalue weighted by Gasteiger charge is -2.34. The number of ether oxygens (including phenoxy) is 1. The zero-order valence-electron chi connectivity index (χ0n) is 14.2. The predicted octanol–water partition coefficient (Wildman–Crippen LogP) is 3.80. The first-order valence-corrected chi connectivity index (χ1v) is 8.33. The monoisotopic (exact) mass is 357 g/mol. The summed E-state index contributed by atoms with van der Waals surface area (Å²) >= 11 is 0. The Morgan fingerprint density at radius 3 is 2.56 bits per heavy atom. The number of carbonyl (C=O) groups is 2. The van der Waals surface area contributed by atoms with Gasteiger partial charge in [-0.3, -0.25) is 4.79 Å². The lowest BCUT2D eigenvalue weighted by Crippen LogP contribution is -2.45. The maximum Gasteiger partial charge on any atom is 0.417 e. The number of esters is 1. The number of nitrogens with one attached hydrogen (secondary N) is 1. The van der Waals surface area contributed by atoms with Crippen molar-refractivity contribution in [2.75, 3.05) is 6.61 Å². The van der Waals surface area contributed by atoms with Crippen LogP contribution in [0.5, 0.6) is 0 Å². The Hall–Kier alpha value is -2.05. The second-order valence-corrected chi connectivity index (χ2v) is 6.56. The van der Waals surface area contributed by atoms with Gasteiger partial charge in [-0.05, 0) is 30.4 Å². The minimum Gasteiger partial charge on any atom is -0.452 e. The van der Waals surface area contributed by atoms with Crippen LogP contribution in [-0.2, 0) is 15.7 Å². The number of rotatable bonds is 4. The van der Waals surface area contributed by atoms with Gasteiger partial charge in [-0.1, -0.05) is 38.8 Å². The average Bonchev–Trinajstić information content (AvgIpc) is 2.56. The van der Waals surface area contributed by atoms with Gasteiger partial charge in [0.15, 0.2) is 6.61 Å². The van der Waals surface area contributed by atoms with E-state index in [1.54, 1.807) is 0 Å². The summed E-state index contributed by atoms with van der Waals surface area (Å²) in [6.07, 6.45) is -1.69. The molecule has 0 aromatic heterocycles. The largest absolute Gasteiger partial charge is 0.452 e. The molecule has 1 aliphatic rings. The molecule has 25 heavy (non-hydrogen) atoms. The van der Waals surface area contributed by atoms with E-state index >= 15 is 0 Å². The van der Waals surface area contributed by atoms with Gasteiger partial charge in [0, 0.05) is 6.04 Å². The van der Waals surface area contributed by atoms with E-state index in [-0.39, 0.29) is 6.04 Å². The van der Waals surface area contributed by atoms with Crippen molar-refractivity contribution in [1.29, 1.82) is 0 Å². The summed E-state index contributed by atoms with van der Waals surface area (Å²) in [5.41, 5.74) is -1.67. The molecule has 0 heterocycles. The molecule has 2 rings (SSSR count). The number of benzene rings is 1. The Labute approximate surface area is 144 Å². The molecule has 3 atom stereocenters. The minimum atomic E-state index is -4.66. The fourth-order valence-corrected chi connectivity index (χ4v) is 3.15. The lowest BCUT2D eigenvalue weighted by molar-refractivity contribution is -0.138. The van der Waals surface area contributed by atoms with E-state index in [4.69, 9.17) is 4.74 Å². The van der Waals surface area contributed by atoms with Crippen molar-refractivity contribution in [3.05, 3.63) is 35.4 Å². The molecule has 0 spiro atoms. The third kappa shape index (κ3) is 4.96. The van der Waals surface area contributed by atoms with Crippen molar-refractivity contribution in [2.45, 2.75) is 45.3 Å². The molecule has 1 aliphatic carbocycles. The van der Waals surface area contributed by atoms with Crippen LogP contribution in [0, 0.1) is 11.8 Å². The van der Waals surface area contributed by atoms with E-state index in [9.17, 15) is 22.8 Å². The van der Waals surface area contributed by atoms with E-state index < -0.39 is 35.8 Å². The zero-order valence-corrected chi connectivity index (χ0v) is 14.2. The Morgan fingerprint density at radius 1 is 1.20 bits per heavy atom. The van der Waals surface area contributed by atoms with Crippen LogP contribution in [0.1, 0.15) is 49.0 Å². The van der Waals surface area contributed by atoms with Gasteiger partial charge >= 0.3 is 12.1 Å². The molecule has 7 heteroatoms. The van der Waals surface area contributed by atoms with E-state index in [2.05, 4.69) is 19.2 Å². The van der Waals surface area contributed by atoms with E-state index in [0.29, 0.717) is 11.8 Å². The quantitative estimate of drug-likeness (QED) is 0.834. The molecule has 1 N–H and O–H groups in total. The van der Waals surface area contributed by atoms with Crippen molar-refractivity contribution in [2.24, 2.45) is 11.8 Å². The number of alkyl halides is 3. The van der Waals surface area contributed by atoms with Crippen LogP contribution in [0.4, 0.5) is 13.2 Å². The van der Waals surface area contributed by atoms with Gasteiger partial charge in [0.2, 0.25) is 0 Å². The summed E-state index contributed by atoms with van der Waals surface area (Å²) < 4.78 is 43.5. The van der Waals surface area contributed by atoms with Crippen LogP contribution in [0.25, 0.3) is 0 Å². The molecule has 0 bridgehead atoms. The summed E-state index contributed by atoms with van der Waals surface area (Å²) in [6.45, 7) is 3.58. The van der Waals surface area contributed by atoms with Crippen molar-refractivity contribution in [3.63, 3.8) is 0 Å². The first-order chi connectivity index (χ1) is 11.7. The van der Waals surface area contributed by atoms with Crippen molar-refractivity contribution in [3.8, 4) is 0 Å². The van der Waals surface area contributed by atoms with Crippen molar-refractivity contribution < 1.29 is 27.5 Å². The van der Waals surface area contributed by atoms with Crippen LogP contribution >= 0.6 is 0 Å². The highest BCUT2D eigenvalue weighted by Crippen LogP contribution is 2.32. The summed E-state index contributed by atoms with van der Waals surface area (Å²) in [4.78, 5) is 23.9. The molecule has 1 saturated carbocycles. The molecule has 1 amide bonds. The molecular formula is C18H22F3NO3. The SMILES string of the molecule is C[C@@H]1[C@H](C)CCC[C@@H]1NC(=O)COC(=O)c1ccccc1C(F)(F)F. The molecule has 1 fully saturated rings. The van der Waals surface area contributed by atoms with Crippen LogP contribution in [-0.4, -0.2) is 24.5 Å². The number of halogens is 3. The van der Waals surface area contributed by atoms with E-state index in [1.165, 1.54) is 12.1 Å². The second-order valence-electron chi connectivity index (χ2n) is 6.56. The first kappa shape index (κ1) is 19.3. The Bertz CT molecular complexity index is 630. The van der Waals surface area contributed by atoms with Gasteiger partial charge < -0.3 is 10.1 Å². The topological polar surface area (TPSA) is 55.4 Å². The van der Waals surface area contributed by atoms with E-state index in [0.717, 1.165) is 31.4 Å². The Kier molecular flexibility index (Phi) is 6.08. The predicted molar refractivity (Wildman–Crippen MR) is 85.8 cm³/mol. The van der Waals surface area contributed by atoms with Gasteiger partial charge in [0.1, 0.15) is 0 Å². The van der Waals surface area contributed by atoms with Gasteiger partial charge in [-0.25, -0.2) is 4.79 Å². The number of carbonyl (C=O) groups excluding carboxylic acids is 2. The van der Waals surface area contributed by atoms with Crippen molar-refractivity contribution >= 4 is 11.9 Å². The normalized spacial score (nSPS) is 23.8. The highest BCUT2D eigenvalue weighted by molar-refractivity contribution is 5.93. The molecule has 0 radical (unpaired) electrons. The van der Waals surface area contributed by atoms with Gasteiger partial charge in [-0.2, -0.15) is 13.2 Å². The molecule has 0 aliphatic heterocycles. The Morgan fingerprint density at radius 2 is 1.88 bits per heavy atom. The third-order valence-electron chi connectivity index (χ3n) is 4.84. The van der Waals surface area contributed by atoms with Crippen LogP contribution in [0.3, 0.4) is 0 Å². The molecule has 4 nitrogen and oxygen atoms in total.